The second-order valence-electron chi connectivity index (χ2n) is 4.77. The predicted molar refractivity (Wildman–Crippen MR) is 96.3 cm³/mol. The van der Waals surface area contributed by atoms with Crippen LogP contribution in [0, 0.1) is 0 Å². The number of hydrazone groups is 1. The molecule has 0 heterocycles. The van der Waals surface area contributed by atoms with Gasteiger partial charge in [0.05, 0.1) is 18.9 Å². The molecule has 0 unspecified atom stereocenters. The zero-order valence-corrected chi connectivity index (χ0v) is 14.7. The summed E-state index contributed by atoms with van der Waals surface area (Å²) in [6.45, 7) is 0. The molecule has 128 valence electrons. The molecule has 0 aliphatic heterocycles. The van der Waals surface area contributed by atoms with E-state index in [4.69, 9.17) is 0 Å². The van der Waals surface area contributed by atoms with Crippen LogP contribution in [0.2, 0.25) is 0 Å². The Bertz CT molecular complexity index is 802. The van der Waals surface area contributed by atoms with Gasteiger partial charge in [0.25, 0.3) is 0 Å². The Hall–Kier alpha value is -3.00. The lowest BCUT2D eigenvalue weighted by Crippen LogP contribution is -2.32. The summed E-state index contributed by atoms with van der Waals surface area (Å²) in [4.78, 5) is 34.7. The van der Waals surface area contributed by atoms with E-state index in [9.17, 15) is 14.4 Å². The van der Waals surface area contributed by atoms with Crippen molar-refractivity contribution in [1.29, 1.82) is 0 Å². The number of halogens is 1. The average molecular weight is 404 g/mol. The maximum absolute atomic E-state index is 11.7. The molecule has 2 N–H and O–H groups in total. The Morgan fingerprint density at radius 1 is 1.00 bits per heavy atom. The van der Waals surface area contributed by atoms with E-state index in [1.165, 1.54) is 13.3 Å². The number of esters is 1. The first-order valence-electron chi connectivity index (χ1n) is 7.08. The molecule has 0 fully saturated rings. The van der Waals surface area contributed by atoms with Crippen LogP contribution in [0.5, 0.6) is 0 Å². The molecule has 2 aromatic carbocycles. The second kappa shape index (κ2) is 8.74. The van der Waals surface area contributed by atoms with Crippen LogP contribution in [-0.2, 0) is 14.3 Å². The fourth-order valence-electron chi connectivity index (χ4n) is 1.76. The minimum atomic E-state index is -0.898. The van der Waals surface area contributed by atoms with Gasteiger partial charge in [-0.05, 0) is 42.0 Å². The van der Waals surface area contributed by atoms with Crippen molar-refractivity contribution >= 4 is 45.6 Å². The molecule has 0 aliphatic rings. The quantitative estimate of drug-likeness (QED) is 0.354. The minimum absolute atomic E-state index is 0.401. The van der Waals surface area contributed by atoms with Gasteiger partial charge in [-0.2, -0.15) is 5.10 Å². The smallest absolute Gasteiger partial charge is 0.337 e. The Kier molecular flexibility index (Phi) is 6.41. The van der Waals surface area contributed by atoms with Gasteiger partial charge in [-0.25, -0.2) is 10.2 Å². The van der Waals surface area contributed by atoms with E-state index in [0.29, 0.717) is 16.8 Å². The van der Waals surface area contributed by atoms with Gasteiger partial charge in [0.15, 0.2) is 0 Å². The first-order chi connectivity index (χ1) is 12.0. The van der Waals surface area contributed by atoms with E-state index in [1.54, 1.807) is 48.5 Å². The summed E-state index contributed by atoms with van der Waals surface area (Å²) in [5.41, 5.74) is 3.66. The lowest BCUT2D eigenvalue weighted by atomic mass is 10.1. The number of benzene rings is 2. The molecule has 2 amide bonds. The van der Waals surface area contributed by atoms with E-state index in [2.05, 4.69) is 36.5 Å². The molecule has 8 heteroatoms. The first kappa shape index (κ1) is 18.3. The van der Waals surface area contributed by atoms with Crippen LogP contribution in [0.25, 0.3) is 0 Å². The van der Waals surface area contributed by atoms with Gasteiger partial charge in [0.1, 0.15) is 0 Å². The van der Waals surface area contributed by atoms with Crippen LogP contribution in [0.4, 0.5) is 5.69 Å². The number of carbonyl (C=O) groups is 3. The summed E-state index contributed by atoms with van der Waals surface area (Å²) in [6, 6.07) is 13.2. The number of hydrogen-bond acceptors (Lipinski definition) is 5. The summed E-state index contributed by atoms with van der Waals surface area (Å²) in [6.07, 6.45) is 1.35. The molecule has 25 heavy (non-hydrogen) atoms. The van der Waals surface area contributed by atoms with Gasteiger partial charge >= 0.3 is 17.8 Å². The number of methoxy groups -OCH3 is 1. The van der Waals surface area contributed by atoms with Crippen molar-refractivity contribution in [2.75, 3.05) is 12.4 Å². The number of nitrogens with zero attached hydrogens (tertiary/aromatic N) is 1. The summed E-state index contributed by atoms with van der Waals surface area (Å²) in [7, 11) is 1.30. The molecule has 7 nitrogen and oxygen atoms in total. The van der Waals surface area contributed by atoms with Crippen molar-refractivity contribution in [1.82, 2.24) is 5.43 Å². The van der Waals surface area contributed by atoms with Crippen molar-refractivity contribution in [3.8, 4) is 0 Å². The fourth-order valence-corrected chi connectivity index (χ4v) is 2.02. The third-order valence-corrected chi connectivity index (χ3v) is 3.55. The third-order valence-electron chi connectivity index (χ3n) is 3.02. The normalized spacial score (nSPS) is 10.3. The monoisotopic (exact) mass is 403 g/mol. The molecule has 2 aromatic rings. The van der Waals surface area contributed by atoms with Crippen molar-refractivity contribution < 1.29 is 19.1 Å². The molecule has 0 saturated carbocycles. The maximum atomic E-state index is 11.7. The Labute approximate surface area is 152 Å². The fraction of sp³-hybridized carbons (Fsp3) is 0.0588. The van der Waals surface area contributed by atoms with Gasteiger partial charge in [-0.3, -0.25) is 9.59 Å². The zero-order valence-electron chi connectivity index (χ0n) is 13.2. The summed E-state index contributed by atoms with van der Waals surface area (Å²) >= 11 is 3.28. The van der Waals surface area contributed by atoms with Gasteiger partial charge in [0.2, 0.25) is 0 Å². The molecule has 2 rings (SSSR count). The minimum Gasteiger partial charge on any atom is -0.465 e. The van der Waals surface area contributed by atoms with Gasteiger partial charge < -0.3 is 10.1 Å². The SMILES string of the molecule is COC(=O)c1ccc(/C=N/NC(=O)C(=O)Nc2ccc(Br)cc2)cc1. The van der Waals surface area contributed by atoms with Crippen LogP contribution in [0.3, 0.4) is 0 Å². The Balaban J connectivity index is 1.88. The second-order valence-corrected chi connectivity index (χ2v) is 5.69. The largest absolute Gasteiger partial charge is 0.465 e. The highest BCUT2D eigenvalue weighted by atomic mass is 79.9. The number of hydrogen-bond donors (Lipinski definition) is 2. The molecule has 0 bridgehead atoms. The van der Waals surface area contributed by atoms with Crippen molar-refractivity contribution in [3.05, 3.63) is 64.1 Å². The number of rotatable bonds is 4. The standard InChI is InChI=1S/C17H14BrN3O4/c1-25-17(24)12-4-2-11(3-5-12)10-19-21-16(23)15(22)20-14-8-6-13(18)7-9-14/h2-10H,1H3,(H,20,22)(H,21,23)/b19-10+. The first-order valence-corrected chi connectivity index (χ1v) is 7.87. The van der Waals surface area contributed by atoms with Gasteiger partial charge in [-0.15, -0.1) is 0 Å². The van der Waals surface area contributed by atoms with Gasteiger partial charge in [0, 0.05) is 10.2 Å². The summed E-state index contributed by atoms with van der Waals surface area (Å²) < 4.78 is 5.45. The van der Waals surface area contributed by atoms with Crippen LogP contribution < -0.4 is 10.7 Å². The highest BCUT2D eigenvalue weighted by molar-refractivity contribution is 9.10. The summed E-state index contributed by atoms with van der Waals surface area (Å²) in [5.74, 6) is -2.17. The topological polar surface area (TPSA) is 96.9 Å². The third kappa shape index (κ3) is 5.54. The van der Waals surface area contributed by atoms with E-state index in [0.717, 1.165) is 4.47 Å². The van der Waals surface area contributed by atoms with Crippen LogP contribution >= 0.6 is 15.9 Å². The molecule has 0 aromatic heterocycles. The van der Waals surface area contributed by atoms with Crippen LogP contribution in [0.15, 0.2) is 58.1 Å². The van der Waals surface area contributed by atoms with Crippen LogP contribution in [0.1, 0.15) is 15.9 Å². The van der Waals surface area contributed by atoms with E-state index in [-0.39, 0.29) is 0 Å². The molecule has 0 atom stereocenters. The molecule has 0 radical (unpaired) electrons. The number of carbonyl (C=O) groups excluding carboxylic acids is 3. The van der Waals surface area contributed by atoms with E-state index >= 15 is 0 Å². The average Bonchev–Trinajstić information content (AvgIpc) is 2.63. The zero-order chi connectivity index (χ0) is 18.2. The molecular weight excluding hydrogens is 390 g/mol. The highest BCUT2D eigenvalue weighted by Crippen LogP contribution is 2.13. The van der Waals surface area contributed by atoms with E-state index in [1.807, 2.05) is 0 Å². The number of amides is 2. The molecular formula is C17H14BrN3O4. The molecule has 0 saturated heterocycles. The van der Waals surface area contributed by atoms with E-state index < -0.39 is 17.8 Å². The van der Waals surface area contributed by atoms with Crippen molar-refractivity contribution in [3.63, 3.8) is 0 Å². The summed E-state index contributed by atoms with van der Waals surface area (Å²) in [5, 5.41) is 6.15. The van der Waals surface area contributed by atoms with Crippen molar-refractivity contribution in [2.24, 2.45) is 5.10 Å². The Morgan fingerprint density at radius 3 is 2.24 bits per heavy atom. The lowest BCUT2D eigenvalue weighted by molar-refractivity contribution is -0.136. The number of nitrogens with one attached hydrogen (secondary N) is 2. The predicted octanol–water partition coefficient (Wildman–Crippen LogP) is 2.32. The highest BCUT2D eigenvalue weighted by Gasteiger charge is 2.12. The number of ether oxygens (including phenoxy) is 1. The van der Waals surface area contributed by atoms with Crippen molar-refractivity contribution in [2.45, 2.75) is 0 Å². The molecule has 0 aliphatic carbocycles. The maximum Gasteiger partial charge on any atom is 0.337 e. The van der Waals surface area contributed by atoms with Crippen LogP contribution in [-0.4, -0.2) is 31.1 Å². The Morgan fingerprint density at radius 2 is 1.64 bits per heavy atom. The van der Waals surface area contributed by atoms with Gasteiger partial charge in [-0.1, -0.05) is 28.1 Å². The lowest BCUT2D eigenvalue weighted by Gasteiger charge is -2.03. The molecule has 0 spiro atoms. The number of anilines is 1.